The molecule has 2 aliphatic rings. The van der Waals surface area contributed by atoms with Gasteiger partial charge in [-0.15, -0.1) is 0 Å². The van der Waals surface area contributed by atoms with Crippen molar-refractivity contribution < 1.29 is 41.4 Å². The minimum absolute atomic E-state index is 0.0210. The van der Waals surface area contributed by atoms with Gasteiger partial charge in [0.15, 0.2) is 44.8 Å². The summed E-state index contributed by atoms with van der Waals surface area (Å²) < 4.78 is 59.3. The first-order valence-electron chi connectivity index (χ1n) is 27.6. The minimum Gasteiger partial charge on any atom is -0.497 e. The van der Waals surface area contributed by atoms with Crippen LogP contribution in [0.25, 0.3) is 0 Å². The number of ketones is 1. The number of benzene rings is 1. The molecule has 0 amide bonds. The minimum atomic E-state index is -2.47. The number of rotatable bonds is 22. The summed E-state index contributed by atoms with van der Waals surface area (Å²) in [5.41, 5.74) is 2.63. The highest BCUT2D eigenvalue weighted by atomic mass is 127. The quantitative estimate of drug-likeness (QED) is 0.0639. The lowest BCUT2D eigenvalue weighted by atomic mass is 9.72. The van der Waals surface area contributed by atoms with E-state index in [-0.39, 0.29) is 75.0 Å². The highest BCUT2D eigenvalue weighted by Crippen LogP contribution is 2.57. The number of carbonyl (C=O) groups excluding carboxylic acids is 1. The van der Waals surface area contributed by atoms with Gasteiger partial charge in [0, 0.05) is 36.7 Å². The molecule has 1 spiro atoms. The second-order valence-electron chi connectivity index (χ2n) is 28.9. The SMILES string of the molecule is COc1ccc(CO[C@@H]2[C@H](C(=O)C[C@@H](O[Si](C)(C)C(C)(C)C)[C@@H](C)[C@@H](O[Si](C)(C)C(C)(C)C)[C@@H](C)/C=C(C)/C(C)=C/I)O[C@@]3(C[C@H](O[Si](C)(C)C(C)(C)C)[C@@H](C)[C@@H](CCO[Si](C)(C)C(C)(C)C)O3)C2(C)C)cc1. The molecule has 2 fully saturated rings. The van der Waals surface area contributed by atoms with Crippen molar-refractivity contribution in [2.45, 2.75) is 272 Å². The average Bonchev–Trinajstić information content (AvgIpc) is 3.44. The molecule has 0 aromatic heterocycles. The third kappa shape index (κ3) is 16.1. The Hall–Kier alpha value is -0.512. The molecular formula is C59H109IO9Si4. The van der Waals surface area contributed by atoms with Crippen molar-refractivity contribution in [1.29, 1.82) is 0 Å². The molecule has 2 heterocycles. The topological polar surface area (TPSA) is 90.9 Å². The normalized spacial score (nSPS) is 26.0. The fourth-order valence-corrected chi connectivity index (χ4v) is 14.9. The lowest BCUT2D eigenvalue weighted by Crippen LogP contribution is -2.61. The molecule has 9 nitrogen and oxygen atoms in total. The molecule has 3 rings (SSSR count). The number of allylic oxidation sites excluding steroid dienone is 2. The maximum atomic E-state index is 16.0. The Balaban J connectivity index is 2.31. The standard InChI is InChI=1S/C59H109IO9Si4/c1-40(42(3)38-60)35-41(2)51(69-73(27,28)57(15,16)17)44(5)49(67-71(23,24)55(9,10)11)36-47(61)52-53(63-39-45-29-31-46(62-20)32-30-45)58(18,19)59(66-52)37-50(68-72(25,26)56(12,13)14)43(4)48(65-59)33-34-64-70(21,22)54(6,7)8/h29-32,35,38,41,43-44,48-53H,33-34,36-37,39H2,1-28H3/b40-35+,42-38+/t41-,43-,44+,48+,49+,50-,51-,52-,53+,59-/m0/s1. The maximum absolute atomic E-state index is 16.0. The Kier molecular flexibility index (Phi) is 22.4. The van der Waals surface area contributed by atoms with E-state index in [1.165, 1.54) is 11.1 Å². The summed E-state index contributed by atoms with van der Waals surface area (Å²) in [4.78, 5) is 16.0. The lowest BCUT2D eigenvalue weighted by molar-refractivity contribution is -0.329. The molecule has 0 radical (unpaired) electrons. The second kappa shape index (κ2) is 24.5. The molecule has 0 saturated carbocycles. The fourth-order valence-electron chi connectivity index (χ4n) is 9.04. The zero-order valence-corrected chi connectivity index (χ0v) is 57.9. The van der Waals surface area contributed by atoms with Crippen LogP contribution in [0.3, 0.4) is 0 Å². The van der Waals surface area contributed by atoms with Gasteiger partial charge < -0.3 is 36.7 Å². The van der Waals surface area contributed by atoms with Gasteiger partial charge in [0.2, 0.25) is 0 Å². The molecular weight excluding hydrogens is 1090 g/mol. The number of ether oxygens (including phenoxy) is 4. The van der Waals surface area contributed by atoms with Crippen LogP contribution >= 0.6 is 22.6 Å². The van der Waals surface area contributed by atoms with Crippen molar-refractivity contribution in [1.82, 2.24) is 0 Å². The molecule has 0 unspecified atom stereocenters. The number of halogens is 1. The van der Waals surface area contributed by atoms with Crippen LogP contribution in [0.4, 0.5) is 0 Å². The highest BCUT2D eigenvalue weighted by molar-refractivity contribution is 14.1. The first kappa shape index (κ1) is 66.8. The zero-order valence-electron chi connectivity index (χ0n) is 51.7. The van der Waals surface area contributed by atoms with Gasteiger partial charge in [-0.05, 0) is 126 Å². The van der Waals surface area contributed by atoms with Crippen LogP contribution in [0.15, 0.2) is 45.6 Å². The summed E-state index contributed by atoms with van der Waals surface area (Å²) in [6.45, 7) is 62.3. The summed E-state index contributed by atoms with van der Waals surface area (Å²) in [7, 11) is -7.49. The molecule has 0 N–H and O–H groups in total. The molecule has 14 heteroatoms. The summed E-state index contributed by atoms with van der Waals surface area (Å²) in [6, 6.07) is 7.95. The highest BCUT2D eigenvalue weighted by Gasteiger charge is 2.68. The van der Waals surface area contributed by atoms with Gasteiger partial charge in [-0.3, -0.25) is 4.79 Å². The molecule has 1 aromatic rings. The first-order valence-corrected chi connectivity index (χ1v) is 40.5. The Morgan fingerprint density at radius 3 is 1.75 bits per heavy atom. The first-order chi connectivity index (χ1) is 32.8. The average molecular weight is 1200 g/mol. The van der Waals surface area contributed by atoms with Crippen LogP contribution in [-0.2, 0) is 43.3 Å². The number of hydrogen-bond donors (Lipinski definition) is 0. The Morgan fingerprint density at radius 2 is 1.27 bits per heavy atom. The van der Waals surface area contributed by atoms with Gasteiger partial charge in [0.25, 0.3) is 0 Å². The molecule has 10 atom stereocenters. The summed E-state index contributed by atoms with van der Waals surface area (Å²) in [5.74, 6) is -0.555. The summed E-state index contributed by atoms with van der Waals surface area (Å²) >= 11 is 2.33. The molecule has 422 valence electrons. The zero-order chi connectivity index (χ0) is 56.5. The van der Waals surface area contributed by atoms with Crippen molar-refractivity contribution >= 4 is 61.6 Å². The molecule has 0 aliphatic carbocycles. The van der Waals surface area contributed by atoms with E-state index in [2.05, 4.69) is 217 Å². The maximum Gasteiger partial charge on any atom is 0.192 e. The number of Topliss-reactive ketones (excluding diaryl/α,β-unsaturated/α-hetero) is 1. The van der Waals surface area contributed by atoms with Crippen LogP contribution in [0.1, 0.15) is 156 Å². The van der Waals surface area contributed by atoms with Crippen molar-refractivity contribution in [3.63, 3.8) is 0 Å². The molecule has 2 aliphatic heterocycles. The van der Waals surface area contributed by atoms with Gasteiger partial charge in [-0.1, -0.05) is 164 Å². The van der Waals surface area contributed by atoms with Crippen LogP contribution < -0.4 is 4.74 Å². The molecule has 2 saturated heterocycles. The van der Waals surface area contributed by atoms with Gasteiger partial charge in [-0.2, -0.15) is 0 Å². The molecule has 0 bridgehead atoms. The van der Waals surface area contributed by atoms with E-state index in [4.69, 9.17) is 36.7 Å². The van der Waals surface area contributed by atoms with Gasteiger partial charge in [-0.25, -0.2) is 0 Å². The smallest absolute Gasteiger partial charge is 0.192 e. The van der Waals surface area contributed by atoms with E-state index in [1.807, 2.05) is 24.3 Å². The van der Waals surface area contributed by atoms with Crippen LogP contribution in [0, 0.1) is 23.2 Å². The van der Waals surface area contributed by atoms with E-state index >= 15 is 4.79 Å². The third-order valence-corrected chi connectivity index (χ3v) is 37.9. The van der Waals surface area contributed by atoms with Crippen molar-refractivity contribution in [2.75, 3.05) is 13.7 Å². The molecule has 1 aromatic carbocycles. The second-order valence-corrected chi connectivity index (χ2v) is 48.6. The van der Waals surface area contributed by atoms with E-state index < -0.39 is 62.8 Å². The van der Waals surface area contributed by atoms with Crippen LogP contribution in [0.5, 0.6) is 5.75 Å². The Labute approximate surface area is 466 Å². The van der Waals surface area contributed by atoms with E-state index in [9.17, 15) is 0 Å². The largest absolute Gasteiger partial charge is 0.497 e. The molecule has 73 heavy (non-hydrogen) atoms. The van der Waals surface area contributed by atoms with E-state index in [0.29, 0.717) is 19.4 Å². The fraction of sp³-hybridized carbons (Fsp3) is 0.814. The van der Waals surface area contributed by atoms with Crippen LogP contribution in [0.2, 0.25) is 72.5 Å². The summed E-state index contributed by atoms with van der Waals surface area (Å²) in [5, 5.41) is -0.0906. The summed E-state index contributed by atoms with van der Waals surface area (Å²) in [6.07, 6.45) is 0.899. The van der Waals surface area contributed by atoms with Crippen molar-refractivity contribution in [2.24, 2.45) is 23.2 Å². The van der Waals surface area contributed by atoms with E-state index in [1.54, 1.807) is 7.11 Å². The Bertz CT molecular complexity index is 2020. The predicted octanol–water partition coefficient (Wildman–Crippen LogP) is 17.2. The van der Waals surface area contributed by atoms with Gasteiger partial charge >= 0.3 is 0 Å². The van der Waals surface area contributed by atoms with Crippen LogP contribution in [-0.4, -0.2) is 95.2 Å². The van der Waals surface area contributed by atoms with Crippen molar-refractivity contribution in [3.8, 4) is 5.75 Å². The third-order valence-electron chi connectivity index (χ3n) is 18.9. The lowest BCUT2D eigenvalue weighted by Gasteiger charge is -2.53. The number of carbonyl (C=O) groups is 1. The van der Waals surface area contributed by atoms with Crippen molar-refractivity contribution in [3.05, 3.63) is 51.1 Å². The monoisotopic (exact) mass is 1200 g/mol. The predicted molar refractivity (Wildman–Crippen MR) is 325 cm³/mol. The van der Waals surface area contributed by atoms with Gasteiger partial charge in [0.05, 0.1) is 38.1 Å². The number of hydrogen-bond acceptors (Lipinski definition) is 9. The Morgan fingerprint density at radius 1 is 0.767 bits per heavy atom. The van der Waals surface area contributed by atoms with E-state index in [0.717, 1.165) is 11.3 Å². The van der Waals surface area contributed by atoms with Gasteiger partial charge in [0.1, 0.15) is 18.0 Å². The number of methoxy groups -OCH3 is 1.